The van der Waals surface area contributed by atoms with Crippen LogP contribution in [0.5, 0.6) is 0 Å². The van der Waals surface area contributed by atoms with Gasteiger partial charge in [0.2, 0.25) is 0 Å². The van der Waals surface area contributed by atoms with Gasteiger partial charge in [-0.25, -0.2) is 4.39 Å². The van der Waals surface area contributed by atoms with Crippen molar-refractivity contribution < 1.29 is 17.0 Å². The lowest BCUT2D eigenvalue weighted by Crippen LogP contribution is -1.67. The molecule has 0 unspecified atom stereocenters. The smallest absolute Gasteiger partial charge is 0.207 e. The van der Waals surface area contributed by atoms with Gasteiger partial charge in [0.25, 0.3) is 0 Å². The Bertz CT molecular complexity index is 303. The lowest BCUT2D eigenvalue weighted by atomic mass is 10.4. The lowest BCUT2D eigenvalue weighted by molar-refractivity contribution is 0.559. The zero-order valence-electron chi connectivity index (χ0n) is 5.70. The van der Waals surface area contributed by atoms with E-state index >= 15 is 0 Å². The number of hydrogen-bond donors (Lipinski definition) is 0. The minimum absolute atomic E-state index is 0.255. The summed E-state index contributed by atoms with van der Waals surface area (Å²) in [5, 5.41) is 0.561. The summed E-state index contributed by atoms with van der Waals surface area (Å²) in [5.41, 5.74) is 0. The molecule has 0 saturated heterocycles. The monoisotopic (exact) mass is 210 g/mol. The van der Waals surface area contributed by atoms with Crippen molar-refractivity contribution in [3.05, 3.63) is 35.1 Å². The Morgan fingerprint density at radius 2 is 1.42 bits per heavy atom. The Morgan fingerprint density at radius 1 is 1.08 bits per heavy atom. The highest BCUT2D eigenvalue weighted by Gasteiger charge is 1.85. The molecule has 0 atom stereocenters. The van der Waals surface area contributed by atoms with E-state index in [9.17, 15) is 4.39 Å². The van der Waals surface area contributed by atoms with Crippen LogP contribution in [0.4, 0.5) is 4.39 Å². The van der Waals surface area contributed by atoms with Crippen molar-refractivity contribution in [3.8, 4) is 0 Å². The lowest BCUT2D eigenvalue weighted by Gasteiger charge is -1.84. The molecule has 12 heavy (non-hydrogen) atoms. The van der Waals surface area contributed by atoms with Gasteiger partial charge >= 0.3 is 10.6 Å². The minimum Gasteiger partial charge on any atom is -0.207 e. The predicted octanol–water partition coefficient (Wildman–Crippen LogP) is 1.47. The van der Waals surface area contributed by atoms with E-state index < -0.39 is 10.6 Å². The second-order valence-corrected chi connectivity index (χ2v) is 2.49. The first-order valence-electron chi connectivity index (χ1n) is 2.70. The molecule has 0 aromatic heterocycles. The molecule has 0 aliphatic rings. The van der Waals surface area contributed by atoms with Gasteiger partial charge in [-0.15, -0.1) is 12.6 Å². The summed E-state index contributed by atoms with van der Waals surface area (Å²) in [6.07, 6.45) is 0. The Hall–Kier alpha value is -0.940. The molecule has 1 rings (SSSR count). The Labute approximate surface area is 74.8 Å². The molecule has 66 valence electrons. The highest BCUT2D eigenvalue weighted by Crippen LogP contribution is 2.07. The Morgan fingerprint density at radius 3 is 1.67 bits per heavy atom. The highest BCUT2D eigenvalue weighted by molar-refractivity contribution is 7.59. The second kappa shape index (κ2) is 5.68. The fourth-order valence-corrected chi connectivity index (χ4v) is 0.556. The molecule has 1 aromatic rings. The molecule has 0 aliphatic carbocycles. The Balaban J connectivity index is 0.000000261. The third-order valence-corrected chi connectivity index (χ3v) is 1.06. The molecule has 0 N–H and O–H groups in total. The van der Waals surface area contributed by atoms with Gasteiger partial charge in [-0.1, -0.05) is 11.6 Å². The van der Waals surface area contributed by atoms with E-state index in [0.717, 1.165) is 0 Å². The van der Waals surface area contributed by atoms with Gasteiger partial charge in [-0.2, -0.15) is 0 Å². The van der Waals surface area contributed by atoms with Crippen LogP contribution in [0.2, 0.25) is 5.02 Å². The van der Waals surface area contributed by atoms with Crippen LogP contribution < -0.4 is 0 Å². The van der Waals surface area contributed by atoms with E-state index in [-0.39, 0.29) is 5.82 Å². The molecule has 0 spiro atoms. The largest absolute Gasteiger partial charge is 0.425 e. The predicted molar refractivity (Wildman–Crippen MR) is 41.1 cm³/mol. The van der Waals surface area contributed by atoms with Crippen LogP contribution >= 0.6 is 11.6 Å². The molecule has 1 aromatic carbocycles. The summed E-state index contributed by atoms with van der Waals surface area (Å²) in [6.45, 7) is 0. The molecule has 0 aliphatic heterocycles. The van der Waals surface area contributed by atoms with Crippen LogP contribution in [0, 0.1) is 5.82 Å². The zero-order chi connectivity index (χ0) is 9.56. The fraction of sp³-hybridized carbons (Fsp3) is 0. The average Bonchev–Trinajstić information content (AvgIpc) is 1.94. The van der Waals surface area contributed by atoms with Crippen molar-refractivity contribution in [1.29, 1.82) is 0 Å². The normalized spacial score (nSPS) is 8.17. The number of halogens is 2. The minimum atomic E-state index is -3.11. The maximum atomic E-state index is 12.0. The summed E-state index contributed by atoms with van der Waals surface area (Å²) < 4.78 is 37.4. The molecular weight excluding hydrogens is 207 g/mol. The van der Waals surface area contributed by atoms with Crippen molar-refractivity contribution in [2.24, 2.45) is 0 Å². The number of rotatable bonds is 0. The molecule has 3 nitrogen and oxygen atoms in total. The van der Waals surface area contributed by atoms with Crippen molar-refractivity contribution in [2.75, 3.05) is 0 Å². The van der Waals surface area contributed by atoms with Crippen molar-refractivity contribution >= 4 is 22.2 Å². The van der Waals surface area contributed by atoms with Crippen molar-refractivity contribution in [3.63, 3.8) is 0 Å². The molecular formula is C6H4ClFO3S. The van der Waals surface area contributed by atoms with E-state index in [1.54, 1.807) is 0 Å². The number of benzene rings is 1. The average molecular weight is 211 g/mol. The molecule has 0 amide bonds. The molecule has 0 fully saturated rings. The van der Waals surface area contributed by atoms with E-state index in [2.05, 4.69) is 0 Å². The molecule has 0 saturated carbocycles. The summed E-state index contributed by atoms with van der Waals surface area (Å²) in [6, 6.07) is 5.67. The van der Waals surface area contributed by atoms with Gasteiger partial charge in [0, 0.05) is 5.02 Å². The van der Waals surface area contributed by atoms with Crippen LogP contribution in [0.15, 0.2) is 24.3 Å². The topological polar surface area (TPSA) is 51.2 Å². The third-order valence-electron chi connectivity index (χ3n) is 0.804. The van der Waals surface area contributed by atoms with Gasteiger partial charge in [0.1, 0.15) is 5.82 Å². The second-order valence-electron chi connectivity index (χ2n) is 1.64. The summed E-state index contributed by atoms with van der Waals surface area (Å²) in [7, 11) is -3.11. The van der Waals surface area contributed by atoms with E-state index in [1.807, 2.05) is 0 Å². The van der Waals surface area contributed by atoms with Crippen LogP contribution in [0.3, 0.4) is 0 Å². The van der Waals surface area contributed by atoms with E-state index in [0.29, 0.717) is 5.02 Å². The first-order chi connectivity index (χ1) is 5.52. The van der Waals surface area contributed by atoms with Gasteiger partial charge in [0.15, 0.2) is 0 Å². The number of hydrogen-bond acceptors (Lipinski definition) is 3. The summed E-state index contributed by atoms with van der Waals surface area (Å²) in [4.78, 5) is 0. The van der Waals surface area contributed by atoms with Crippen molar-refractivity contribution in [2.45, 2.75) is 0 Å². The molecule has 0 heterocycles. The van der Waals surface area contributed by atoms with Gasteiger partial charge in [-0.05, 0) is 24.3 Å². The first kappa shape index (κ1) is 11.1. The van der Waals surface area contributed by atoms with Crippen LogP contribution in [-0.2, 0) is 10.6 Å². The summed E-state index contributed by atoms with van der Waals surface area (Å²) in [5.74, 6) is -0.255. The van der Waals surface area contributed by atoms with E-state index in [4.69, 9.17) is 24.2 Å². The summed E-state index contributed by atoms with van der Waals surface area (Å²) >= 11 is 5.44. The Kier molecular flexibility index (Phi) is 5.23. The van der Waals surface area contributed by atoms with Gasteiger partial charge < -0.3 is 0 Å². The highest BCUT2D eigenvalue weighted by atomic mass is 35.5. The maximum Gasteiger partial charge on any atom is 0.425 e. The van der Waals surface area contributed by atoms with Crippen molar-refractivity contribution in [1.82, 2.24) is 0 Å². The maximum absolute atomic E-state index is 12.0. The third kappa shape index (κ3) is 7.17. The van der Waals surface area contributed by atoms with Crippen LogP contribution in [0.25, 0.3) is 0 Å². The quantitative estimate of drug-likeness (QED) is 0.652. The molecule has 6 heteroatoms. The standard InChI is InChI=1S/C6H4ClF.O3S/c7-5-1-3-6(8)4-2-5;1-4(2)3/h1-4H;. The van der Waals surface area contributed by atoms with E-state index in [1.165, 1.54) is 24.3 Å². The fourth-order valence-electron chi connectivity index (χ4n) is 0.430. The van der Waals surface area contributed by atoms with Gasteiger partial charge in [0.05, 0.1) is 0 Å². The molecule has 0 bridgehead atoms. The zero-order valence-corrected chi connectivity index (χ0v) is 7.27. The first-order valence-corrected chi connectivity index (χ1v) is 4.08. The SMILES string of the molecule is Fc1ccc(Cl)cc1.O=S(=O)=O. The van der Waals surface area contributed by atoms with Crippen LogP contribution in [0.1, 0.15) is 0 Å². The van der Waals surface area contributed by atoms with Gasteiger partial charge in [-0.3, -0.25) is 0 Å². The molecule has 0 radical (unpaired) electrons. The van der Waals surface area contributed by atoms with Crippen LogP contribution in [-0.4, -0.2) is 12.6 Å².